The molecule has 0 saturated carbocycles. The molecule has 0 radical (unpaired) electrons. The predicted octanol–water partition coefficient (Wildman–Crippen LogP) is 2.61. The van der Waals surface area contributed by atoms with Gasteiger partial charge in [0.25, 0.3) is 5.56 Å². The molecule has 0 bridgehead atoms. The summed E-state index contributed by atoms with van der Waals surface area (Å²) in [6.45, 7) is 5.85. The minimum absolute atomic E-state index is 0.0797. The molecule has 1 aromatic carbocycles. The molecule has 0 fully saturated rings. The second-order valence-electron chi connectivity index (χ2n) is 4.87. The highest BCUT2D eigenvalue weighted by atomic mass is 16.1. The molecule has 2 heterocycles. The van der Waals surface area contributed by atoms with E-state index in [-0.39, 0.29) is 5.56 Å². The Bertz CT molecular complexity index is 810. The topological polar surface area (TPSA) is 50.2 Å². The van der Waals surface area contributed by atoms with Crippen molar-refractivity contribution in [2.75, 3.05) is 0 Å². The lowest BCUT2D eigenvalue weighted by Crippen LogP contribution is -2.14. The van der Waals surface area contributed by atoms with E-state index < -0.39 is 0 Å². The summed E-state index contributed by atoms with van der Waals surface area (Å²) in [6, 6.07) is 9.76. The van der Waals surface area contributed by atoms with Crippen LogP contribution in [0.2, 0.25) is 0 Å². The van der Waals surface area contributed by atoms with Crippen molar-refractivity contribution in [1.29, 1.82) is 0 Å². The summed E-state index contributed by atoms with van der Waals surface area (Å²) < 4.78 is 1.50. The Hall–Kier alpha value is -2.36. The Morgan fingerprint density at radius 3 is 2.47 bits per heavy atom. The molecule has 4 heteroatoms. The van der Waals surface area contributed by atoms with E-state index in [2.05, 4.69) is 41.3 Å². The van der Waals surface area contributed by atoms with E-state index in [9.17, 15) is 4.79 Å². The molecule has 3 aromatic rings. The number of fused-ring (bicyclic) bond motifs is 1. The first kappa shape index (κ1) is 11.7. The molecule has 4 nitrogen and oxygen atoms in total. The fourth-order valence-corrected chi connectivity index (χ4v) is 2.33. The van der Waals surface area contributed by atoms with E-state index in [1.54, 1.807) is 0 Å². The zero-order valence-electron chi connectivity index (χ0n) is 11.2. The maximum Gasteiger partial charge on any atom is 0.272 e. The van der Waals surface area contributed by atoms with Gasteiger partial charge in [0.15, 0.2) is 5.65 Å². The number of hydrogen-bond acceptors (Lipinski definition) is 2. The van der Waals surface area contributed by atoms with E-state index in [0.717, 1.165) is 22.5 Å². The molecule has 19 heavy (non-hydrogen) atoms. The standard InChI is InChI=1S/C15H15N3O/c1-9-4-6-12(7-5-9)14-11(3)17-18-13(19)8-10(2)16-15(14)18/h4-8,17H,1-3H3. The van der Waals surface area contributed by atoms with Crippen LogP contribution < -0.4 is 5.56 Å². The third-order valence-corrected chi connectivity index (χ3v) is 3.27. The molecule has 96 valence electrons. The number of benzene rings is 1. The Morgan fingerprint density at radius 2 is 1.79 bits per heavy atom. The smallest absolute Gasteiger partial charge is 0.272 e. The average Bonchev–Trinajstić information content (AvgIpc) is 2.67. The van der Waals surface area contributed by atoms with Crippen LogP contribution in [0.15, 0.2) is 35.1 Å². The third-order valence-electron chi connectivity index (χ3n) is 3.27. The first-order chi connectivity index (χ1) is 9.06. The molecular formula is C15H15N3O. The molecule has 0 aliphatic rings. The SMILES string of the molecule is Cc1ccc(-c2c(C)[nH]n3c(=O)cc(C)nc23)cc1. The minimum atomic E-state index is -0.0797. The maximum absolute atomic E-state index is 11.9. The molecule has 0 unspecified atom stereocenters. The van der Waals surface area contributed by atoms with Crippen molar-refractivity contribution in [2.24, 2.45) is 0 Å². The van der Waals surface area contributed by atoms with Crippen molar-refractivity contribution in [3.63, 3.8) is 0 Å². The normalized spacial score (nSPS) is 11.1. The minimum Gasteiger partial charge on any atom is -0.293 e. The highest BCUT2D eigenvalue weighted by molar-refractivity contribution is 5.79. The first-order valence-corrected chi connectivity index (χ1v) is 6.22. The van der Waals surface area contributed by atoms with Crippen molar-refractivity contribution in [2.45, 2.75) is 20.8 Å². The van der Waals surface area contributed by atoms with E-state index in [4.69, 9.17) is 0 Å². The molecule has 2 aromatic heterocycles. The van der Waals surface area contributed by atoms with Gasteiger partial charge in [-0.25, -0.2) is 9.50 Å². The van der Waals surface area contributed by atoms with Gasteiger partial charge < -0.3 is 0 Å². The predicted molar refractivity (Wildman–Crippen MR) is 75.5 cm³/mol. The van der Waals surface area contributed by atoms with Gasteiger partial charge in [0, 0.05) is 23.0 Å². The number of rotatable bonds is 1. The number of nitrogens with one attached hydrogen (secondary N) is 1. The lowest BCUT2D eigenvalue weighted by molar-refractivity contribution is 0.873. The monoisotopic (exact) mass is 253 g/mol. The van der Waals surface area contributed by atoms with Crippen LogP contribution in [-0.4, -0.2) is 14.6 Å². The fraction of sp³-hybridized carbons (Fsp3) is 0.200. The van der Waals surface area contributed by atoms with E-state index in [1.165, 1.54) is 16.1 Å². The van der Waals surface area contributed by atoms with Crippen LogP contribution >= 0.6 is 0 Å². The van der Waals surface area contributed by atoms with E-state index >= 15 is 0 Å². The van der Waals surface area contributed by atoms with Crippen molar-refractivity contribution in [1.82, 2.24) is 14.6 Å². The number of H-pyrrole nitrogens is 1. The Morgan fingerprint density at radius 1 is 1.11 bits per heavy atom. The van der Waals surface area contributed by atoms with Gasteiger partial charge in [0.05, 0.1) is 0 Å². The fourth-order valence-electron chi connectivity index (χ4n) is 2.33. The van der Waals surface area contributed by atoms with E-state index in [0.29, 0.717) is 5.65 Å². The molecule has 0 saturated heterocycles. The Labute approximate surface area is 110 Å². The third kappa shape index (κ3) is 1.85. The average molecular weight is 253 g/mol. The number of aromatic nitrogens is 3. The highest BCUT2D eigenvalue weighted by Gasteiger charge is 2.13. The van der Waals surface area contributed by atoms with Gasteiger partial charge in [-0.1, -0.05) is 29.8 Å². The summed E-state index contributed by atoms with van der Waals surface area (Å²) in [7, 11) is 0. The van der Waals surface area contributed by atoms with Gasteiger partial charge in [0.2, 0.25) is 0 Å². The highest BCUT2D eigenvalue weighted by Crippen LogP contribution is 2.26. The number of aryl methyl sites for hydroxylation is 3. The van der Waals surface area contributed by atoms with Crippen LogP contribution in [0.3, 0.4) is 0 Å². The van der Waals surface area contributed by atoms with Crippen LogP contribution in [0.4, 0.5) is 0 Å². The lowest BCUT2D eigenvalue weighted by Gasteiger charge is -2.01. The quantitative estimate of drug-likeness (QED) is 0.724. The maximum atomic E-state index is 11.9. The molecule has 0 aliphatic carbocycles. The van der Waals surface area contributed by atoms with Crippen LogP contribution in [0.1, 0.15) is 17.0 Å². The van der Waals surface area contributed by atoms with Gasteiger partial charge in [-0.2, -0.15) is 0 Å². The van der Waals surface area contributed by atoms with Crippen LogP contribution in [0.5, 0.6) is 0 Å². The molecule has 3 rings (SSSR count). The zero-order chi connectivity index (χ0) is 13.6. The summed E-state index contributed by atoms with van der Waals surface area (Å²) in [5.41, 5.74) is 5.55. The zero-order valence-corrected chi connectivity index (χ0v) is 11.2. The van der Waals surface area contributed by atoms with Crippen LogP contribution in [0, 0.1) is 20.8 Å². The first-order valence-electron chi connectivity index (χ1n) is 6.22. The summed E-state index contributed by atoms with van der Waals surface area (Å²) >= 11 is 0. The molecular weight excluding hydrogens is 238 g/mol. The lowest BCUT2D eigenvalue weighted by atomic mass is 10.0. The van der Waals surface area contributed by atoms with Crippen molar-refractivity contribution in [3.05, 3.63) is 57.6 Å². The second kappa shape index (κ2) is 4.09. The Kier molecular flexibility index (Phi) is 2.52. The molecule has 0 spiro atoms. The van der Waals surface area contributed by atoms with Gasteiger partial charge in [-0.05, 0) is 26.3 Å². The van der Waals surface area contributed by atoms with Gasteiger partial charge in [-0.15, -0.1) is 0 Å². The number of hydrogen-bond donors (Lipinski definition) is 1. The van der Waals surface area contributed by atoms with Crippen LogP contribution in [0.25, 0.3) is 16.8 Å². The van der Waals surface area contributed by atoms with E-state index in [1.807, 2.05) is 13.8 Å². The summed E-state index contributed by atoms with van der Waals surface area (Å²) in [5, 5.41) is 3.08. The summed E-state index contributed by atoms with van der Waals surface area (Å²) in [6.07, 6.45) is 0. The van der Waals surface area contributed by atoms with Crippen molar-refractivity contribution < 1.29 is 0 Å². The van der Waals surface area contributed by atoms with Gasteiger partial charge in [-0.3, -0.25) is 9.89 Å². The number of aromatic amines is 1. The molecule has 0 amide bonds. The largest absolute Gasteiger partial charge is 0.293 e. The molecule has 1 N–H and O–H groups in total. The van der Waals surface area contributed by atoms with Crippen molar-refractivity contribution in [3.8, 4) is 11.1 Å². The van der Waals surface area contributed by atoms with Gasteiger partial charge in [0.1, 0.15) is 0 Å². The van der Waals surface area contributed by atoms with Crippen LogP contribution in [-0.2, 0) is 0 Å². The molecule has 0 atom stereocenters. The summed E-state index contributed by atoms with van der Waals surface area (Å²) in [4.78, 5) is 16.4. The van der Waals surface area contributed by atoms with Gasteiger partial charge >= 0.3 is 0 Å². The number of nitrogens with zero attached hydrogens (tertiary/aromatic N) is 2. The summed E-state index contributed by atoms with van der Waals surface area (Å²) in [5.74, 6) is 0. The second-order valence-corrected chi connectivity index (χ2v) is 4.87. The Balaban J connectivity index is 2.37. The molecule has 0 aliphatic heterocycles. The van der Waals surface area contributed by atoms with Crippen molar-refractivity contribution >= 4 is 5.65 Å².